The molecule has 8 heteroatoms. The third kappa shape index (κ3) is 3.43. The lowest BCUT2D eigenvalue weighted by molar-refractivity contribution is -0.0650. The van der Waals surface area contributed by atoms with E-state index in [0.717, 1.165) is 6.07 Å². The fourth-order valence-electron chi connectivity index (χ4n) is 3.52. The largest absolute Gasteiger partial charge is 0.411 e. The monoisotopic (exact) mass is 407 g/mol. The first-order chi connectivity index (χ1) is 13.2. The number of benzene rings is 2. The summed E-state index contributed by atoms with van der Waals surface area (Å²) >= 11 is 0. The van der Waals surface area contributed by atoms with Crippen molar-refractivity contribution >= 4 is 15.5 Å². The Morgan fingerprint density at radius 2 is 1.93 bits per heavy atom. The van der Waals surface area contributed by atoms with E-state index in [-0.39, 0.29) is 15.9 Å². The molecule has 1 N–H and O–H groups in total. The molecule has 2 atom stereocenters. The van der Waals surface area contributed by atoms with E-state index in [2.05, 4.69) is 5.16 Å². The molecule has 2 aromatic rings. The highest BCUT2D eigenvalue weighted by molar-refractivity contribution is 7.91. The second-order valence-electron chi connectivity index (χ2n) is 6.75. The van der Waals surface area contributed by atoms with Gasteiger partial charge in [-0.1, -0.05) is 17.3 Å². The lowest BCUT2D eigenvalue weighted by Gasteiger charge is -2.31. The minimum absolute atomic E-state index is 0.0146. The van der Waals surface area contributed by atoms with Gasteiger partial charge in [-0.15, -0.1) is 0 Å². The Labute approximate surface area is 163 Å². The predicted molar refractivity (Wildman–Crippen MR) is 101 cm³/mol. The van der Waals surface area contributed by atoms with E-state index < -0.39 is 21.3 Å². The van der Waals surface area contributed by atoms with Gasteiger partial charge in [0.2, 0.25) is 9.84 Å². The van der Waals surface area contributed by atoms with Crippen LogP contribution in [0.4, 0.5) is 4.39 Å². The Kier molecular flexibility index (Phi) is 5.56. The van der Waals surface area contributed by atoms with Crippen molar-refractivity contribution in [2.45, 2.75) is 41.8 Å². The number of methoxy groups -OCH3 is 1. The molecule has 1 fully saturated rings. The van der Waals surface area contributed by atoms with E-state index in [9.17, 15) is 12.8 Å². The molecule has 3 rings (SSSR count). The lowest BCUT2D eigenvalue weighted by atomic mass is 9.87. The second-order valence-corrected chi connectivity index (χ2v) is 8.70. The highest BCUT2D eigenvalue weighted by atomic mass is 32.2. The molecule has 0 aliphatic carbocycles. The molecular weight excluding hydrogens is 385 g/mol. The average Bonchev–Trinajstić information content (AvgIpc) is 3.08. The first-order valence-corrected chi connectivity index (χ1v) is 10.2. The molecule has 0 bridgehead atoms. The van der Waals surface area contributed by atoms with Crippen molar-refractivity contribution in [1.82, 2.24) is 0 Å². The normalized spacial score (nSPS) is 23.1. The van der Waals surface area contributed by atoms with Gasteiger partial charge in [-0.05, 0) is 55.3 Å². The number of sulfone groups is 1. The average molecular weight is 407 g/mol. The summed E-state index contributed by atoms with van der Waals surface area (Å²) in [4.78, 5) is -0.140. The predicted octanol–water partition coefficient (Wildman–Crippen LogP) is 3.51. The third-order valence-electron chi connectivity index (χ3n) is 5.26. The van der Waals surface area contributed by atoms with Crippen molar-refractivity contribution in [1.29, 1.82) is 0 Å². The van der Waals surface area contributed by atoms with Gasteiger partial charge in [-0.25, -0.2) is 12.8 Å². The van der Waals surface area contributed by atoms with Gasteiger partial charge in [0.15, 0.2) is 0 Å². The van der Waals surface area contributed by atoms with Crippen LogP contribution >= 0.6 is 0 Å². The summed E-state index contributed by atoms with van der Waals surface area (Å²) in [6.07, 6.45) is 0.164. The van der Waals surface area contributed by atoms with Crippen LogP contribution in [0.2, 0.25) is 0 Å². The van der Waals surface area contributed by atoms with Crippen LogP contribution in [0.25, 0.3) is 0 Å². The Bertz CT molecular complexity index is 1000. The molecule has 2 unspecified atom stereocenters. The highest BCUT2D eigenvalue weighted by Crippen LogP contribution is 2.40. The van der Waals surface area contributed by atoms with Crippen molar-refractivity contribution in [2.75, 3.05) is 13.7 Å². The van der Waals surface area contributed by atoms with Crippen LogP contribution in [0.1, 0.15) is 31.4 Å². The lowest BCUT2D eigenvalue weighted by Crippen LogP contribution is -2.35. The summed E-state index contributed by atoms with van der Waals surface area (Å²) in [5.74, 6) is -0.661. The molecule has 28 heavy (non-hydrogen) atoms. The molecule has 0 radical (unpaired) electrons. The number of oxime groups is 1. The van der Waals surface area contributed by atoms with Crippen molar-refractivity contribution in [3.05, 3.63) is 59.4 Å². The Hall–Kier alpha value is -2.29. The summed E-state index contributed by atoms with van der Waals surface area (Å²) < 4.78 is 51.7. The van der Waals surface area contributed by atoms with Crippen molar-refractivity contribution < 1.29 is 27.5 Å². The third-order valence-corrected chi connectivity index (χ3v) is 7.01. The molecular formula is C20H22FNO5S. The minimum Gasteiger partial charge on any atom is -0.411 e. The van der Waals surface area contributed by atoms with Crippen LogP contribution in [0.5, 0.6) is 0 Å². The van der Waals surface area contributed by atoms with Crippen LogP contribution in [0.15, 0.2) is 57.4 Å². The van der Waals surface area contributed by atoms with E-state index >= 15 is 0 Å². The molecule has 1 saturated heterocycles. The number of hydrogen-bond donors (Lipinski definition) is 1. The number of hydrogen-bond acceptors (Lipinski definition) is 6. The van der Waals surface area contributed by atoms with Gasteiger partial charge in [0.25, 0.3) is 0 Å². The topological polar surface area (TPSA) is 85.2 Å². The van der Waals surface area contributed by atoms with E-state index in [4.69, 9.17) is 14.7 Å². The first kappa shape index (κ1) is 20.4. The highest BCUT2D eigenvalue weighted by Gasteiger charge is 2.44. The standard InChI is InChI=1S/C20H22FNO5S/c1-13(22-23)15-4-6-18(7-5-15)28(24,25)19-11-16(10-17(21)12-19)20(26-3)8-9-27-14(20)2/h4-7,10-12,14,23H,8-9H2,1-3H3. The first-order valence-electron chi connectivity index (χ1n) is 8.76. The van der Waals surface area contributed by atoms with Crippen LogP contribution < -0.4 is 0 Å². The molecule has 1 aliphatic heterocycles. The summed E-state index contributed by atoms with van der Waals surface area (Å²) in [5.41, 5.74) is 0.467. The van der Waals surface area contributed by atoms with Gasteiger partial charge in [-0.3, -0.25) is 0 Å². The Morgan fingerprint density at radius 3 is 2.46 bits per heavy atom. The molecule has 6 nitrogen and oxygen atoms in total. The van der Waals surface area contributed by atoms with Crippen molar-refractivity contribution in [2.24, 2.45) is 5.16 Å². The minimum atomic E-state index is -3.95. The zero-order valence-corrected chi connectivity index (χ0v) is 16.7. The Morgan fingerprint density at radius 1 is 1.25 bits per heavy atom. The van der Waals surface area contributed by atoms with Crippen LogP contribution in [0, 0.1) is 5.82 Å². The summed E-state index contributed by atoms with van der Waals surface area (Å²) in [6.45, 7) is 3.86. The SMILES string of the molecule is COC1(c2cc(F)cc(S(=O)(=O)c3ccc(C(C)=NO)cc3)c2)CCOC1C. The molecule has 0 aromatic heterocycles. The van der Waals surface area contributed by atoms with Gasteiger partial charge < -0.3 is 14.7 Å². The summed E-state index contributed by atoms with van der Waals surface area (Å²) in [7, 11) is -2.45. The molecule has 1 heterocycles. The number of rotatable bonds is 5. The summed E-state index contributed by atoms with van der Waals surface area (Å²) in [6, 6.07) is 9.60. The van der Waals surface area contributed by atoms with Gasteiger partial charge in [0.05, 0.1) is 28.2 Å². The number of nitrogens with zero attached hydrogens (tertiary/aromatic N) is 1. The quantitative estimate of drug-likeness (QED) is 0.466. The van der Waals surface area contributed by atoms with E-state index in [1.807, 2.05) is 6.92 Å². The van der Waals surface area contributed by atoms with Crippen LogP contribution in [0.3, 0.4) is 0 Å². The fraction of sp³-hybridized carbons (Fsp3) is 0.350. The fourth-order valence-corrected chi connectivity index (χ4v) is 4.84. The van der Waals surface area contributed by atoms with E-state index in [1.165, 1.54) is 43.5 Å². The number of halogens is 1. The van der Waals surface area contributed by atoms with Gasteiger partial charge in [0.1, 0.15) is 11.4 Å². The maximum absolute atomic E-state index is 14.4. The summed E-state index contributed by atoms with van der Waals surface area (Å²) in [5, 5.41) is 11.9. The molecule has 0 saturated carbocycles. The number of ether oxygens (including phenoxy) is 2. The molecule has 150 valence electrons. The van der Waals surface area contributed by atoms with Gasteiger partial charge in [0, 0.05) is 13.5 Å². The van der Waals surface area contributed by atoms with Crippen molar-refractivity contribution in [3.63, 3.8) is 0 Å². The molecule has 0 amide bonds. The zero-order valence-electron chi connectivity index (χ0n) is 15.8. The van der Waals surface area contributed by atoms with Crippen molar-refractivity contribution in [3.8, 4) is 0 Å². The molecule has 2 aromatic carbocycles. The van der Waals surface area contributed by atoms with E-state index in [1.54, 1.807) is 6.92 Å². The smallest absolute Gasteiger partial charge is 0.206 e. The molecule has 1 aliphatic rings. The Balaban J connectivity index is 2.07. The maximum Gasteiger partial charge on any atom is 0.206 e. The van der Waals surface area contributed by atoms with Crippen LogP contribution in [-0.4, -0.2) is 39.2 Å². The zero-order chi connectivity index (χ0) is 20.5. The van der Waals surface area contributed by atoms with Gasteiger partial charge >= 0.3 is 0 Å². The molecule has 0 spiro atoms. The van der Waals surface area contributed by atoms with Gasteiger partial charge in [-0.2, -0.15) is 0 Å². The van der Waals surface area contributed by atoms with Crippen LogP contribution in [-0.2, 0) is 24.9 Å². The van der Waals surface area contributed by atoms with E-state index in [0.29, 0.717) is 29.9 Å². The maximum atomic E-state index is 14.4. The second kappa shape index (κ2) is 7.62.